The Hall–Kier alpha value is -0.380. The van der Waals surface area contributed by atoms with Crippen LogP contribution in [0.25, 0.3) is 0 Å². The van der Waals surface area contributed by atoms with Crippen molar-refractivity contribution in [2.24, 2.45) is 5.92 Å². The van der Waals surface area contributed by atoms with Crippen molar-refractivity contribution in [2.45, 2.75) is 19.3 Å². The average Bonchev–Trinajstić information content (AvgIpc) is 2.87. The van der Waals surface area contributed by atoms with E-state index in [1.165, 1.54) is 12.0 Å². The van der Waals surface area contributed by atoms with Gasteiger partial charge in [-0.3, -0.25) is 0 Å². The molecule has 0 amide bonds. The molecule has 2 nitrogen and oxygen atoms in total. The van der Waals surface area contributed by atoms with Gasteiger partial charge in [-0.25, -0.2) is 0 Å². The summed E-state index contributed by atoms with van der Waals surface area (Å²) in [4.78, 5) is 1.61. The van der Waals surface area contributed by atoms with Gasteiger partial charge < -0.3 is 10.1 Å². The number of nitrogens with one attached hydrogen (secondary N) is 1. The predicted molar refractivity (Wildman–Crippen MR) is 64.6 cm³/mol. The fraction of sp³-hybridized carbons (Fsp3) is 0.667. The van der Waals surface area contributed by atoms with Crippen LogP contribution in [-0.2, 0) is 4.74 Å². The maximum absolute atomic E-state index is 5.00. The zero-order valence-electron chi connectivity index (χ0n) is 9.45. The Morgan fingerprint density at radius 3 is 3.13 bits per heavy atom. The van der Waals surface area contributed by atoms with E-state index in [2.05, 4.69) is 23.7 Å². The summed E-state index contributed by atoms with van der Waals surface area (Å²) < 4.78 is 5.00. The number of hydrogen-bond acceptors (Lipinski definition) is 3. The molecule has 2 unspecified atom stereocenters. The minimum atomic E-state index is 0.815. The molecular weight excluding hydrogens is 206 g/mol. The van der Waals surface area contributed by atoms with Crippen molar-refractivity contribution in [1.29, 1.82) is 0 Å². The van der Waals surface area contributed by atoms with Gasteiger partial charge in [-0.2, -0.15) is 0 Å². The largest absolute Gasteiger partial charge is 0.383 e. The maximum atomic E-state index is 5.00. The van der Waals surface area contributed by atoms with Crippen LogP contribution in [0.1, 0.15) is 22.8 Å². The third-order valence-electron chi connectivity index (χ3n) is 3.05. The molecule has 1 aliphatic carbocycles. The number of methoxy groups -OCH3 is 1. The molecule has 1 saturated carbocycles. The lowest BCUT2D eigenvalue weighted by Gasteiger charge is -2.03. The Bertz CT molecular complexity index is 310. The van der Waals surface area contributed by atoms with Crippen molar-refractivity contribution in [3.63, 3.8) is 0 Å². The third-order valence-corrected chi connectivity index (χ3v) is 4.20. The lowest BCUT2D eigenvalue weighted by molar-refractivity contribution is 0.199. The van der Waals surface area contributed by atoms with E-state index < -0.39 is 0 Å². The Labute approximate surface area is 95.6 Å². The fourth-order valence-corrected chi connectivity index (χ4v) is 3.16. The minimum absolute atomic E-state index is 0.815. The molecular formula is C12H19NOS. The summed E-state index contributed by atoms with van der Waals surface area (Å²) in [7, 11) is 1.75. The number of aryl methyl sites for hydroxylation is 1. The van der Waals surface area contributed by atoms with Crippen molar-refractivity contribution in [3.05, 3.63) is 21.9 Å². The van der Waals surface area contributed by atoms with Gasteiger partial charge in [0.05, 0.1) is 6.61 Å². The molecule has 1 fully saturated rings. The molecule has 0 aliphatic heterocycles. The monoisotopic (exact) mass is 225 g/mol. The van der Waals surface area contributed by atoms with Gasteiger partial charge in [0.1, 0.15) is 0 Å². The Morgan fingerprint density at radius 1 is 1.60 bits per heavy atom. The van der Waals surface area contributed by atoms with Crippen molar-refractivity contribution in [2.75, 3.05) is 26.8 Å². The highest BCUT2D eigenvalue weighted by Crippen LogP contribution is 2.49. The molecule has 0 spiro atoms. The van der Waals surface area contributed by atoms with E-state index in [1.54, 1.807) is 12.0 Å². The average molecular weight is 225 g/mol. The topological polar surface area (TPSA) is 21.3 Å². The normalized spacial score (nSPS) is 24.4. The molecule has 0 radical (unpaired) electrons. The summed E-state index contributed by atoms with van der Waals surface area (Å²) in [6.07, 6.45) is 1.36. The smallest absolute Gasteiger partial charge is 0.0587 e. The first-order valence-electron chi connectivity index (χ1n) is 5.56. The predicted octanol–water partition coefficient (Wildman–Crippen LogP) is 2.40. The Kier molecular flexibility index (Phi) is 3.78. The van der Waals surface area contributed by atoms with Gasteiger partial charge in [0.15, 0.2) is 0 Å². The zero-order chi connectivity index (χ0) is 10.7. The highest BCUT2D eigenvalue weighted by molar-refractivity contribution is 7.10. The van der Waals surface area contributed by atoms with Crippen LogP contribution in [0, 0.1) is 12.8 Å². The van der Waals surface area contributed by atoms with Gasteiger partial charge in [-0.15, -0.1) is 11.3 Å². The maximum Gasteiger partial charge on any atom is 0.0587 e. The van der Waals surface area contributed by atoms with Crippen LogP contribution in [0.3, 0.4) is 0 Å². The molecule has 1 aliphatic rings. The van der Waals surface area contributed by atoms with Crippen LogP contribution in [0.15, 0.2) is 11.4 Å². The van der Waals surface area contributed by atoms with Gasteiger partial charge in [0.25, 0.3) is 0 Å². The lowest BCUT2D eigenvalue weighted by atomic mass is 10.2. The van der Waals surface area contributed by atoms with Gasteiger partial charge in [-0.05, 0) is 48.7 Å². The first kappa shape index (κ1) is 11.1. The summed E-state index contributed by atoms with van der Waals surface area (Å²) in [5, 5.41) is 5.65. The molecule has 15 heavy (non-hydrogen) atoms. The van der Waals surface area contributed by atoms with Crippen molar-refractivity contribution in [1.82, 2.24) is 5.32 Å². The second-order valence-electron chi connectivity index (χ2n) is 4.27. The van der Waals surface area contributed by atoms with Crippen LogP contribution in [0.5, 0.6) is 0 Å². The standard InChI is InChI=1S/C12H19NOS/c1-9-3-6-15-12(9)11-7-10(11)8-13-4-5-14-2/h3,6,10-11,13H,4-5,7-8H2,1-2H3. The number of ether oxygens (including phenoxy) is 1. The molecule has 0 aromatic carbocycles. The Morgan fingerprint density at radius 2 is 2.47 bits per heavy atom. The van der Waals surface area contributed by atoms with E-state index in [4.69, 9.17) is 4.74 Å². The number of rotatable bonds is 6. The zero-order valence-corrected chi connectivity index (χ0v) is 10.3. The summed E-state index contributed by atoms with van der Waals surface area (Å²) >= 11 is 1.92. The quantitative estimate of drug-likeness (QED) is 0.751. The molecule has 1 aromatic heterocycles. The third kappa shape index (κ3) is 2.80. The molecule has 2 atom stereocenters. The molecule has 1 N–H and O–H groups in total. The number of hydrogen-bond donors (Lipinski definition) is 1. The van der Waals surface area contributed by atoms with Crippen LogP contribution in [0.4, 0.5) is 0 Å². The SMILES string of the molecule is COCCNCC1CC1c1sccc1C. The lowest BCUT2D eigenvalue weighted by Crippen LogP contribution is -2.21. The number of thiophene rings is 1. The van der Waals surface area contributed by atoms with Crippen molar-refractivity contribution in [3.8, 4) is 0 Å². The first-order chi connectivity index (χ1) is 7.33. The molecule has 3 heteroatoms. The molecule has 1 aromatic rings. The van der Waals surface area contributed by atoms with Gasteiger partial charge in [0, 0.05) is 18.5 Å². The van der Waals surface area contributed by atoms with Crippen LogP contribution in [0.2, 0.25) is 0 Å². The minimum Gasteiger partial charge on any atom is -0.383 e. The first-order valence-corrected chi connectivity index (χ1v) is 6.44. The highest BCUT2D eigenvalue weighted by Gasteiger charge is 2.39. The van der Waals surface area contributed by atoms with E-state index in [9.17, 15) is 0 Å². The van der Waals surface area contributed by atoms with Gasteiger partial charge in [0.2, 0.25) is 0 Å². The van der Waals surface area contributed by atoms with E-state index in [0.29, 0.717) is 0 Å². The Balaban J connectivity index is 1.70. The van der Waals surface area contributed by atoms with Crippen molar-refractivity contribution >= 4 is 11.3 Å². The van der Waals surface area contributed by atoms with Crippen LogP contribution in [-0.4, -0.2) is 26.8 Å². The molecule has 0 bridgehead atoms. The van der Waals surface area contributed by atoms with E-state index in [1.807, 2.05) is 11.3 Å². The highest BCUT2D eigenvalue weighted by atomic mass is 32.1. The molecule has 84 valence electrons. The molecule has 2 rings (SSSR count). The summed E-state index contributed by atoms with van der Waals surface area (Å²) in [6.45, 7) is 5.16. The van der Waals surface area contributed by atoms with Crippen molar-refractivity contribution < 1.29 is 4.74 Å². The van der Waals surface area contributed by atoms with E-state index >= 15 is 0 Å². The molecule has 0 saturated heterocycles. The van der Waals surface area contributed by atoms with Gasteiger partial charge >= 0.3 is 0 Å². The van der Waals surface area contributed by atoms with Crippen LogP contribution >= 0.6 is 11.3 Å². The van der Waals surface area contributed by atoms with Gasteiger partial charge in [-0.1, -0.05) is 0 Å². The fourth-order valence-electron chi connectivity index (χ4n) is 2.02. The van der Waals surface area contributed by atoms with E-state index in [-0.39, 0.29) is 0 Å². The van der Waals surface area contributed by atoms with Crippen LogP contribution < -0.4 is 5.32 Å². The molecule has 1 heterocycles. The van der Waals surface area contributed by atoms with E-state index in [0.717, 1.165) is 31.5 Å². The summed E-state index contributed by atoms with van der Waals surface area (Å²) in [5.41, 5.74) is 1.48. The summed E-state index contributed by atoms with van der Waals surface area (Å²) in [5.74, 6) is 1.69. The second kappa shape index (κ2) is 5.10. The summed E-state index contributed by atoms with van der Waals surface area (Å²) in [6, 6.07) is 2.23. The second-order valence-corrected chi connectivity index (χ2v) is 5.21.